The van der Waals surface area contributed by atoms with Crippen LogP contribution >= 0.6 is 0 Å². The average molecular weight is 389 g/mol. The Hall–Kier alpha value is -0.741. The molecule has 21 heavy (non-hydrogen) atoms. The molecule has 1 fully saturated rings. The Morgan fingerprint density at radius 1 is 0.857 bits per heavy atom. The molecular weight excluding hydrogens is 363 g/mol. The van der Waals surface area contributed by atoms with Crippen molar-refractivity contribution in [2.24, 2.45) is 0 Å². The summed E-state index contributed by atoms with van der Waals surface area (Å²) in [5.74, 6) is 0. The number of rotatable bonds is 2. The number of benzene rings is 2. The van der Waals surface area contributed by atoms with Crippen LogP contribution in [0, 0.1) is 0 Å². The molecule has 1 saturated heterocycles. The van der Waals surface area contributed by atoms with Crippen LogP contribution in [-0.2, 0) is 0 Å². The summed E-state index contributed by atoms with van der Waals surface area (Å²) < 4.78 is 1.67. The molecule has 2 aromatic rings. The molecule has 1 aliphatic heterocycles. The molecule has 3 rings (SSSR count). The van der Waals surface area contributed by atoms with E-state index >= 15 is 0 Å². The van der Waals surface area contributed by atoms with E-state index in [4.69, 9.17) is 0 Å². The third-order valence-corrected chi connectivity index (χ3v) is 10.3. The molecule has 2 aromatic carbocycles. The predicted molar refractivity (Wildman–Crippen MR) is 96.6 cm³/mol. The van der Waals surface area contributed by atoms with Crippen LogP contribution < -0.4 is 8.48 Å². The Balaban J connectivity index is 2.16. The van der Waals surface area contributed by atoms with Gasteiger partial charge in [0.05, 0.1) is 0 Å². The zero-order valence-corrected chi connectivity index (χ0v) is 16.5. The van der Waals surface area contributed by atoms with Gasteiger partial charge in [0.15, 0.2) is 0 Å². The fraction of sp³-hybridized carbons (Fsp3) is 0.444. The number of fused-ring (bicyclic) bond motifs is 1. The molecule has 0 spiro atoms. The molecule has 1 heterocycles. The first kappa shape index (κ1) is 15.2. The van der Waals surface area contributed by atoms with E-state index in [1.807, 2.05) is 0 Å². The van der Waals surface area contributed by atoms with Crippen LogP contribution in [0.2, 0.25) is 14.8 Å². The monoisotopic (exact) mass is 390 g/mol. The van der Waals surface area contributed by atoms with Gasteiger partial charge in [-0.15, -0.1) is 0 Å². The maximum absolute atomic E-state index is 2.64. The van der Waals surface area contributed by atoms with Crippen molar-refractivity contribution in [1.82, 2.24) is 4.90 Å². The van der Waals surface area contributed by atoms with Crippen molar-refractivity contribution in [2.45, 2.75) is 14.8 Å². The predicted octanol–water partition coefficient (Wildman–Crippen LogP) is 3.14. The Morgan fingerprint density at radius 2 is 1.52 bits per heavy atom. The molecule has 0 N–H and O–H groups in total. The summed E-state index contributed by atoms with van der Waals surface area (Å²) in [4.78, 5) is 12.6. The SMILES string of the molecule is CN1CCN(c2[c]([Sn]([CH3])([CH3])[CH3])ccc3ccccc23)CC1. The van der Waals surface area contributed by atoms with E-state index in [-0.39, 0.29) is 0 Å². The summed E-state index contributed by atoms with van der Waals surface area (Å²) in [6, 6.07) is 13.6. The van der Waals surface area contributed by atoms with E-state index in [1.165, 1.54) is 23.9 Å². The van der Waals surface area contributed by atoms with Gasteiger partial charge in [-0.3, -0.25) is 0 Å². The van der Waals surface area contributed by atoms with Gasteiger partial charge in [-0.05, 0) is 0 Å². The van der Waals surface area contributed by atoms with E-state index < -0.39 is 18.4 Å². The number of hydrogen-bond donors (Lipinski definition) is 0. The van der Waals surface area contributed by atoms with Crippen LogP contribution in [0.25, 0.3) is 10.8 Å². The quantitative estimate of drug-likeness (QED) is 0.729. The van der Waals surface area contributed by atoms with Gasteiger partial charge in [-0.25, -0.2) is 0 Å². The zero-order valence-electron chi connectivity index (χ0n) is 13.7. The van der Waals surface area contributed by atoms with E-state index in [0.29, 0.717) is 0 Å². The standard InChI is InChI=1S/C15H17N2.3CH3.Sn/c1-16-9-11-17(12-10-16)15-8-4-6-13-5-2-3-7-14(13)15;;;;/h2-7H,9-12H2,1H3;3*1H3;. The first-order valence-corrected chi connectivity index (χ1v) is 17.9. The van der Waals surface area contributed by atoms with Gasteiger partial charge in [0.2, 0.25) is 0 Å². The fourth-order valence-corrected chi connectivity index (χ4v) is 7.76. The second kappa shape index (κ2) is 5.80. The van der Waals surface area contributed by atoms with Crippen molar-refractivity contribution in [3.8, 4) is 0 Å². The molecule has 0 aliphatic carbocycles. The molecule has 3 heteroatoms. The van der Waals surface area contributed by atoms with Gasteiger partial charge in [0.1, 0.15) is 0 Å². The van der Waals surface area contributed by atoms with Crippen molar-refractivity contribution >= 4 is 38.4 Å². The van der Waals surface area contributed by atoms with E-state index in [1.54, 1.807) is 9.27 Å². The number of hydrogen-bond acceptors (Lipinski definition) is 2. The summed E-state index contributed by atoms with van der Waals surface area (Å²) >= 11 is -2.13. The first-order chi connectivity index (χ1) is 9.97. The second-order valence-electron chi connectivity index (χ2n) is 7.22. The summed E-state index contributed by atoms with van der Waals surface area (Å²) in [6.07, 6.45) is 0. The molecule has 1 aliphatic rings. The molecule has 0 radical (unpaired) electrons. The van der Waals surface area contributed by atoms with Crippen molar-refractivity contribution in [2.75, 3.05) is 38.1 Å². The van der Waals surface area contributed by atoms with Gasteiger partial charge >= 0.3 is 133 Å². The van der Waals surface area contributed by atoms with Crippen LogP contribution in [0.15, 0.2) is 36.4 Å². The van der Waals surface area contributed by atoms with Gasteiger partial charge < -0.3 is 0 Å². The van der Waals surface area contributed by atoms with Crippen LogP contribution in [0.4, 0.5) is 5.69 Å². The Kier molecular flexibility index (Phi) is 4.19. The van der Waals surface area contributed by atoms with Gasteiger partial charge in [0.25, 0.3) is 0 Å². The molecule has 2 nitrogen and oxygen atoms in total. The molecule has 0 aromatic heterocycles. The number of piperazine rings is 1. The summed E-state index contributed by atoms with van der Waals surface area (Å²) in [6.45, 7) is 4.64. The minimum absolute atomic E-state index is 1.15. The first-order valence-electron chi connectivity index (χ1n) is 7.92. The van der Waals surface area contributed by atoms with Gasteiger partial charge in [-0.1, -0.05) is 0 Å². The summed E-state index contributed by atoms with van der Waals surface area (Å²) in [5, 5.41) is 2.83. The molecule has 0 atom stereocenters. The molecule has 0 unspecified atom stereocenters. The molecule has 112 valence electrons. The number of likely N-dealkylation sites (N-methyl/N-ethyl adjacent to an activating group) is 1. The van der Waals surface area contributed by atoms with E-state index in [9.17, 15) is 0 Å². The van der Waals surface area contributed by atoms with Crippen LogP contribution in [-0.4, -0.2) is 56.5 Å². The molecule has 0 saturated carbocycles. The zero-order chi connectivity index (χ0) is 15.0. The molecule has 0 amide bonds. The minimum atomic E-state index is -2.13. The Labute approximate surface area is 132 Å². The number of anilines is 1. The van der Waals surface area contributed by atoms with E-state index in [2.05, 4.69) is 68.1 Å². The fourth-order valence-electron chi connectivity index (χ4n) is 3.23. The molecule has 0 bridgehead atoms. The van der Waals surface area contributed by atoms with Gasteiger partial charge in [0, 0.05) is 0 Å². The van der Waals surface area contributed by atoms with Crippen LogP contribution in [0.5, 0.6) is 0 Å². The third kappa shape index (κ3) is 3.07. The van der Waals surface area contributed by atoms with Crippen molar-refractivity contribution in [3.63, 3.8) is 0 Å². The third-order valence-electron chi connectivity index (χ3n) is 4.53. The Bertz CT molecular complexity index is 637. The van der Waals surface area contributed by atoms with Crippen molar-refractivity contribution < 1.29 is 0 Å². The van der Waals surface area contributed by atoms with Crippen molar-refractivity contribution in [3.05, 3.63) is 36.4 Å². The summed E-state index contributed by atoms with van der Waals surface area (Å²) in [7, 11) is 2.23. The van der Waals surface area contributed by atoms with E-state index in [0.717, 1.165) is 13.1 Å². The maximum atomic E-state index is 2.64. The Morgan fingerprint density at radius 3 is 2.19 bits per heavy atom. The average Bonchev–Trinajstić information content (AvgIpc) is 2.46. The number of nitrogens with zero attached hydrogens (tertiary/aromatic N) is 2. The van der Waals surface area contributed by atoms with Crippen LogP contribution in [0.1, 0.15) is 0 Å². The van der Waals surface area contributed by atoms with Crippen LogP contribution in [0.3, 0.4) is 0 Å². The second-order valence-corrected chi connectivity index (χ2v) is 21.6. The van der Waals surface area contributed by atoms with Crippen molar-refractivity contribution in [1.29, 1.82) is 0 Å². The normalized spacial score (nSPS) is 17.4. The topological polar surface area (TPSA) is 6.48 Å². The van der Waals surface area contributed by atoms with Gasteiger partial charge in [-0.2, -0.15) is 0 Å². The summed E-state index contributed by atoms with van der Waals surface area (Å²) in [5.41, 5.74) is 1.55. The molecular formula is C18H26N2Sn.